The van der Waals surface area contributed by atoms with Crippen molar-refractivity contribution in [3.8, 4) is 0 Å². The van der Waals surface area contributed by atoms with Crippen LogP contribution in [0.3, 0.4) is 0 Å². The number of carbonyl (C=O) groups is 1. The highest BCUT2D eigenvalue weighted by Gasteiger charge is 2.32. The van der Waals surface area contributed by atoms with Crippen molar-refractivity contribution in [3.05, 3.63) is 68.6 Å². The number of aromatic nitrogens is 1. The SMILES string of the molecule is Cn1c2c(cc(C(=O)N[C@@H]3c4ccccc4C[C@H]3O)c1=O)CCCC2. The summed E-state index contributed by atoms with van der Waals surface area (Å²) in [6, 6.07) is 8.98. The molecule has 5 nitrogen and oxygen atoms in total. The maximum absolute atomic E-state index is 12.8. The van der Waals surface area contributed by atoms with Crippen LogP contribution in [-0.4, -0.2) is 21.7 Å². The Morgan fingerprint density at radius 1 is 1.20 bits per heavy atom. The topological polar surface area (TPSA) is 71.3 Å². The highest BCUT2D eigenvalue weighted by molar-refractivity contribution is 5.94. The van der Waals surface area contributed by atoms with Crippen molar-refractivity contribution in [2.45, 2.75) is 44.2 Å². The average molecular weight is 338 g/mol. The van der Waals surface area contributed by atoms with Crippen LogP contribution in [0.2, 0.25) is 0 Å². The Labute approximate surface area is 146 Å². The second-order valence-corrected chi connectivity index (χ2v) is 7.02. The van der Waals surface area contributed by atoms with Gasteiger partial charge in [0.05, 0.1) is 12.1 Å². The molecule has 0 saturated heterocycles. The lowest BCUT2D eigenvalue weighted by atomic mass is 9.94. The normalized spacial score (nSPS) is 21.5. The Hall–Kier alpha value is -2.40. The Balaban J connectivity index is 1.66. The van der Waals surface area contributed by atoms with E-state index >= 15 is 0 Å². The molecule has 25 heavy (non-hydrogen) atoms. The van der Waals surface area contributed by atoms with Gasteiger partial charge in [-0.05, 0) is 48.4 Å². The van der Waals surface area contributed by atoms with Crippen LogP contribution in [0, 0.1) is 0 Å². The minimum atomic E-state index is -0.664. The number of aryl methyl sites for hydroxylation is 1. The number of rotatable bonds is 2. The lowest BCUT2D eigenvalue weighted by molar-refractivity contribution is 0.0856. The van der Waals surface area contributed by atoms with E-state index < -0.39 is 18.1 Å². The summed E-state index contributed by atoms with van der Waals surface area (Å²) in [4.78, 5) is 25.4. The minimum Gasteiger partial charge on any atom is -0.390 e. The van der Waals surface area contributed by atoms with Gasteiger partial charge in [-0.15, -0.1) is 0 Å². The zero-order valence-electron chi connectivity index (χ0n) is 14.3. The first kappa shape index (κ1) is 16.1. The van der Waals surface area contributed by atoms with Gasteiger partial charge in [0.25, 0.3) is 11.5 Å². The van der Waals surface area contributed by atoms with E-state index in [1.165, 1.54) is 0 Å². The molecule has 4 rings (SSSR count). The summed E-state index contributed by atoms with van der Waals surface area (Å²) in [5.74, 6) is -0.408. The molecule has 0 saturated carbocycles. The van der Waals surface area contributed by atoms with Gasteiger partial charge in [0.1, 0.15) is 5.56 Å². The monoisotopic (exact) mass is 338 g/mol. The summed E-state index contributed by atoms with van der Waals surface area (Å²) in [7, 11) is 1.74. The summed E-state index contributed by atoms with van der Waals surface area (Å²) in [6.07, 6.45) is 3.81. The highest BCUT2D eigenvalue weighted by Crippen LogP contribution is 2.31. The third-order valence-electron chi connectivity index (χ3n) is 5.47. The van der Waals surface area contributed by atoms with Gasteiger partial charge in [-0.2, -0.15) is 0 Å². The lowest BCUT2D eigenvalue weighted by Crippen LogP contribution is -2.38. The molecule has 2 aromatic rings. The molecule has 2 aliphatic rings. The van der Waals surface area contributed by atoms with Crippen molar-refractivity contribution in [2.24, 2.45) is 7.05 Å². The second kappa shape index (κ2) is 6.15. The third-order valence-corrected chi connectivity index (χ3v) is 5.47. The molecule has 1 aromatic carbocycles. The first-order valence-electron chi connectivity index (χ1n) is 8.85. The molecule has 0 aliphatic heterocycles. The van der Waals surface area contributed by atoms with Crippen molar-refractivity contribution < 1.29 is 9.90 Å². The molecule has 1 amide bonds. The number of aliphatic hydroxyl groups is 1. The zero-order chi connectivity index (χ0) is 17.6. The number of fused-ring (bicyclic) bond motifs is 2. The van der Waals surface area contributed by atoms with Crippen LogP contribution in [0.25, 0.3) is 0 Å². The molecule has 130 valence electrons. The fraction of sp³-hybridized carbons (Fsp3) is 0.400. The Morgan fingerprint density at radius 3 is 2.80 bits per heavy atom. The van der Waals surface area contributed by atoms with Gasteiger partial charge >= 0.3 is 0 Å². The van der Waals surface area contributed by atoms with E-state index in [1.54, 1.807) is 17.7 Å². The number of amides is 1. The smallest absolute Gasteiger partial charge is 0.263 e. The number of hydrogen-bond acceptors (Lipinski definition) is 3. The number of nitrogens with zero attached hydrogens (tertiary/aromatic N) is 1. The molecule has 2 atom stereocenters. The number of nitrogens with one attached hydrogen (secondary N) is 1. The van der Waals surface area contributed by atoms with Crippen LogP contribution in [0.15, 0.2) is 35.1 Å². The summed E-state index contributed by atoms with van der Waals surface area (Å²) < 4.78 is 1.61. The number of pyridine rings is 1. The van der Waals surface area contributed by atoms with Gasteiger partial charge in [0, 0.05) is 19.2 Å². The van der Waals surface area contributed by atoms with Gasteiger partial charge in [-0.25, -0.2) is 0 Å². The predicted octanol–water partition coefficient (Wildman–Crippen LogP) is 1.65. The number of carbonyl (C=O) groups excluding carboxylic acids is 1. The van der Waals surface area contributed by atoms with Crippen molar-refractivity contribution in [2.75, 3.05) is 0 Å². The van der Waals surface area contributed by atoms with Crippen molar-refractivity contribution >= 4 is 5.91 Å². The van der Waals surface area contributed by atoms with E-state index in [0.717, 1.165) is 48.1 Å². The molecular weight excluding hydrogens is 316 g/mol. The maximum Gasteiger partial charge on any atom is 0.263 e. The van der Waals surface area contributed by atoms with E-state index in [-0.39, 0.29) is 11.1 Å². The van der Waals surface area contributed by atoms with Crippen LogP contribution in [0.5, 0.6) is 0 Å². The largest absolute Gasteiger partial charge is 0.390 e. The summed E-state index contributed by atoms with van der Waals surface area (Å²) in [5, 5.41) is 13.2. The van der Waals surface area contributed by atoms with Crippen molar-refractivity contribution in [1.29, 1.82) is 0 Å². The molecule has 1 aromatic heterocycles. The molecule has 2 aliphatic carbocycles. The highest BCUT2D eigenvalue weighted by atomic mass is 16.3. The summed E-state index contributed by atoms with van der Waals surface area (Å²) in [6.45, 7) is 0. The summed E-state index contributed by atoms with van der Waals surface area (Å²) >= 11 is 0. The lowest BCUT2D eigenvalue weighted by Gasteiger charge is -2.21. The van der Waals surface area contributed by atoms with Crippen LogP contribution in [0.1, 0.15) is 51.6 Å². The Morgan fingerprint density at radius 2 is 1.96 bits per heavy atom. The van der Waals surface area contributed by atoms with E-state index in [4.69, 9.17) is 0 Å². The molecule has 5 heteroatoms. The van der Waals surface area contributed by atoms with Crippen molar-refractivity contribution in [3.63, 3.8) is 0 Å². The molecule has 0 fully saturated rings. The van der Waals surface area contributed by atoms with Crippen LogP contribution >= 0.6 is 0 Å². The first-order chi connectivity index (χ1) is 12.1. The van der Waals surface area contributed by atoms with E-state index in [0.29, 0.717) is 6.42 Å². The van der Waals surface area contributed by atoms with Crippen LogP contribution in [-0.2, 0) is 26.3 Å². The van der Waals surface area contributed by atoms with E-state index in [2.05, 4.69) is 5.32 Å². The Bertz CT molecular complexity index is 900. The predicted molar refractivity (Wildman–Crippen MR) is 94.7 cm³/mol. The van der Waals surface area contributed by atoms with Crippen LogP contribution < -0.4 is 10.9 Å². The van der Waals surface area contributed by atoms with Gasteiger partial charge in [0.2, 0.25) is 0 Å². The first-order valence-corrected chi connectivity index (χ1v) is 8.85. The standard InChI is InChI=1S/C20H22N2O3/c1-22-16-9-5-3-7-13(16)10-15(20(22)25)19(24)21-18-14-8-4-2-6-12(14)11-17(18)23/h2,4,6,8,10,17-18,23H,3,5,7,9,11H2,1H3,(H,21,24)/t17-,18-/m1/s1. The number of aliphatic hydroxyl groups excluding tert-OH is 1. The molecular formula is C20H22N2O3. The zero-order valence-corrected chi connectivity index (χ0v) is 14.3. The quantitative estimate of drug-likeness (QED) is 0.875. The number of hydrogen-bond donors (Lipinski definition) is 2. The van der Waals surface area contributed by atoms with Gasteiger partial charge in [0.15, 0.2) is 0 Å². The minimum absolute atomic E-state index is 0.166. The van der Waals surface area contributed by atoms with E-state index in [9.17, 15) is 14.7 Å². The number of benzene rings is 1. The maximum atomic E-state index is 12.8. The van der Waals surface area contributed by atoms with Crippen molar-refractivity contribution in [1.82, 2.24) is 9.88 Å². The third kappa shape index (κ3) is 2.68. The van der Waals surface area contributed by atoms with Gasteiger partial charge in [-0.3, -0.25) is 9.59 Å². The fourth-order valence-corrected chi connectivity index (χ4v) is 4.12. The summed E-state index contributed by atoms with van der Waals surface area (Å²) in [5.41, 5.74) is 4.00. The molecule has 0 radical (unpaired) electrons. The molecule has 0 unspecified atom stereocenters. The van der Waals surface area contributed by atoms with Gasteiger partial charge in [-0.1, -0.05) is 24.3 Å². The molecule has 0 spiro atoms. The fourth-order valence-electron chi connectivity index (χ4n) is 4.12. The van der Waals surface area contributed by atoms with Gasteiger partial charge < -0.3 is 15.0 Å². The van der Waals surface area contributed by atoms with Crippen LogP contribution in [0.4, 0.5) is 0 Å². The molecule has 2 N–H and O–H groups in total. The molecule has 0 bridgehead atoms. The molecule has 1 heterocycles. The average Bonchev–Trinajstić information content (AvgIpc) is 2.93. The Kier molecular flexibility index (Phi) is 3.96. The van der Waals surface area contributed by atoms with E-state index in [1.807, 2.05) is 24.3 Å². The second-order valence-electron chi connectivity index (χ2n) is 7.02.